The van der Waals surface area contributed by atoms with Crippen LogP contribution in [0.1, 0.15) is 30.1 Å². The summed E-state index contributed by atoms with van der Waals surface area (Å²) in [6.45, 7) is 3.41. The lowest BCUT2D eigenvalue weighted by Gasteiger charge is -2.00. The lowest BCUT2D eigenvalue weighted by atomic mass is 10.1. The molecular formula is C11H11N3O2. The van der Waals surface area contributed by atoms with E-state index in [2.05, 4.69) is 15.1 Å². The molecule has 0 saturated carbocycles. The molecule has 0 bridgehead atoms. The van der Waals surface area contributed by atoms with Crippen molar-refractivity contribution in [3.8, 4) is 11.4 Å². The van der Waals surface area contributed by atoms with E-state index in [9.17, 15) is 4.79 Å². The highest BCUT2D eigenvalue weighted by molar-refractivity contribution is 5.89. The number of ketones is 1. The number of hydrogen-bond donors (Lipinski definition) is 0. The summed E-state index contributed by atoms with van der Waals surface area (Å²) < 4.78 is 4.85. The molecule has 2 rings (SSSR count). The summed E-state index contributed by atoms with van der Waals surface area (Å²) in [5, 5.41) is 3.78. The predicted octanol–water partition coefficient (Wildman–Crippen LogP) is 1.90. The zero-order chi connectivity index (χ0) is 11.5. The zero-order valence-electron chi connectivity index (χ0n) is 9.10. The molecule has 82 valence electrons. The third-order valence-electron chi connectivity index (χ3n) is 2.25. The molecule has 5 nitrogen and oxygen atoms in total. The van der Waals surface area contributed by atoms with E-state index in [4.69, 9.17) is 4.52 Å². The van der Waals surface area contributed by atoms with E-state index in [-0.39, 0.29) is 11.7 Å². The number of pyridine rings is 1. The van der Waals surface area contributed by atoms with Gasteiger partial charge in [0.15, 0.2) is 0 Å². The Morgan fingerprint density at radius 1 is 1.50 bits per heavy atom. The summed E-state index contributed by atoms with van der Waals surface area (Å²) in [7, 11) is 0. The summed E-state index contributed by atoms with van der Waals surface area (Å²) in [6, 6.07) is 1.81. The van der Waals surface area contributed by atoms with Crippen LogP contribution in [-0.2, 0) is 6.42 Å². The molecule has 0 amide bonds. The molecular weight excluding hydrogens is 206 g/mol. The quantitative estimate of drug-likeness (QED) is 0.734. The number of carbonyl (C=O) groups excluding carboxylic acids is 1. The van der Waals surface area contributed by atoms with E-state index in [0.717, 1.165) is 17.5 Å². The second-order valence-electron chi connectivity index (χ2n) is 3.37. The van der Waals surface area contributed by atoms with Crippen LogP contribution in [0.15, 0.2) is 23.0 Å². The smallest absolute Gasteiger partial charge is 0.294 e. The van der Waals surface area contributed by atoms with E-state index in [1.807, 2.05) is 13.0 Å². The van der Waals surface area contributed by atoms with Crippen LogP contribution in [0.4, 0.5) is 0 Å². The van der Waals surface area contributed by atoms with Crippen molar-refractivity contribution >= 4 is 5.78 Å². The van der Waals surface area contributed by atoms with Crippen LogP contribution < -0.4 is 0 Å². The molecule has 0 aromatic carbocycles. The Kier molecular flexibility index (Phi) is 2.76. The topological polar surface area (TPSA) is 68.9 Å². The van der Waals surface area contributed by atoms with Gasteiger partial charge >= 0.3 is 0 Å². The second kappa shape index (κ2) is 4.22. The van der Waals surface area contributed by atoms with Crippen LogP contribution >= 0.6 is 0 Å². The molecule has 2 aromatic rings. The summed E-state index contributed by atoms with van der Waals surface area (Å²) in [6.07, 6.45) is 4.25. The minimum absolute atomic E-state index is 0.0360. The molecule has 16 heavy (non-hydrogen) atoms. The SMILES string of the molecule is CCc1cnccc1-c1noc(C(C)=O)n1. The molecule has 0 fully saturated rings. The molecule has 0 saturated heterocycles. The first kappa shape index (κ1) is 10.5. The number of Topliss-reactive ketones (excluding diaryl/α,β-unsaturated/α-hetero) is 1. The summed E-state index contributed by atoms with van der Waals surface area (Å²) in [4.78, 5) is 19.1. The molecule has 0 spiro atoms. The zero-order valence-corrected chi connectivity index (χ0v) is 9.10. The van der Waals surface area contributed by atoms with Gasteiger partial charge < -0.3 is 4.52 Å². The van der Waals surface area contributed by atoms with E-state index in [1.165, 1.54) is 6.92 Å². The number of aromatic nitrogens is 3. The van der Waals surface area contributed by atoms with Crippen LogP contribution in [0.25, 0.3) is 11.4 Å². The monoisotopic (exact) mass is 217 g/mol. The summed E-state index contributed by atoms with van der Waals surface area (Å²) in [5.74, 6) is 0.240. The van der Waals surface area contributed by atoms with E-state index in [0.29, 0.717) is 5.82 Å². The molecule has 2 aromatic heterocycles. The fourth-order valence-electron chi connectivity index (χ4n) is 1.40. The number of carbonyl (C=O) groups is 1. The van der Waals surface area contributed by atoms with Crippen LogP contribution in [0.2, 0.25) is 0 Å². The molecule has 5 heteroatoms. The lowest BCUT2D eigenvalue weighted by molar-refractivity contribution is 0.0972. The number of rotatable bonds is 3. The maximum absolute atomic E-state index is 11.0. The Bertz CT molecular complexity index is 519. The molecule has 0 aliphatic carbocycles. The van der Waals surface area contributed by atoms with Crippen molar-refractivity contribution in [3.05, 3.63) is 29.9 Å². The van der Waals surface area contributed by atoms with Gasteiger partial charge in [-0.1, -0.05) is 12.1 Å². The maximum atomic E-state index is 11.0. The Balaban J connectivity index is 2.46. The van der Waals surface area contributed by atoms with Gasteiger partial charge in [-0.2, -0.15) is 4.98 Å². The van der Waals surface area contributed by atoms with Crippen molar-refractivity contribution < 1.29 is 9.32 Å². The first-order valence-corrected chi connectivity index (χ1v) is 5.00. The van der Waals surface area contributed by atoms with Gasteiger partial charge in [-0.25, -0.2) is 0 Å². The highest BCUT2D eigenvalue weighted by Crippen LogP contribution is 2.20. The maximum Gasteiger partial charge on any atom is 0.294 e. The fraction of sp³-hybridized carbons (Fsp3) is 0.273. The molecule has 2 heterocycles. The predicted molar refractivity (Wildman–Crippen MR) is 56.9 cm³/mol. The van der Waals surface area contributed by atoms with Crippen molar-refractivity contribution in [3.63, 3.8) is 0 Å². The Labute approximate surface area is 92.5 Å². The van der Waals surface area contributed by atoms with Crippen LogP contribution in [0.5, 0.6) is 0 Å². The average molecular weight is 217 g/mol. The van der Waals surface area contributed by atoms with Crippen molar-refractivity contribution in [2.24, 2.45) is 0 Å². The fourth-order valence-corrected chi connectivity index (χ4v) is 1.40. The lowest BCUT2D eigenvalue weighted by Crippen LogP contribution is -1.93. The van der Waals surface area contributed by atoms with Crippen LogP contribution in [0.3, 0.4) is 0 Å². The number of nitrogens with zero attached hydrogens (tertiary/aromatic N) is 3. The molecule has 0 radical (unpaired) electrons. The largest absolute Gasteiger partial charge is 0.330 e. The van der Waals surface area contributed by atoms with Crippen molar-refractivity contribution in [2.75, 3.05) is 0 Å². The second-order valence-corrected chi connectivity index (χ2v) is 3.37. The Hall–Kier alpha value is -2.04. The van der Waals surface area contributed by atoms with Gasteiger partial charge in [0.2, 0.25) is 11.6 Å². The number of hydrogen-bond acceptors (Lipinski definition) is 5. The molecule has 0 aliphatic rings. The van der Waals surface area contributed by atoms with Gasteiger partial charge in [-0.15, -0.1) is 0 Å². The van der Waals surface area contributed by atoms with Gasteiger partial charge in [-0.3, -0.25) is 9.78 Å². The highest BCUT2D eigenvalue weighted by atomic mass is 16.5. The summed E-state index contributed by atoms with van der Waals surface area (Å²) in [5.41, 5.74) is 1.88. The third kappa shape index (κ3) is 1.84. The Morgan fingerprint density at radius 2 is 2.31 bits per heavy atom. The minimum atomic E-state index is -0.231. The molecule has 0 atom stereocenters. The van der Waals surface area contributed by atoms with Gasteiger partial charge in [-0.05, 0) is 18.1 Å². The van der Waals surface area contributed by atoms with Gasteiger partial charge in [0.05, 0.1) is 0 Å². The van der Waals surface area contributed by atoms with E-state index < -0.39 is 0 Å². The first-order chi connectivity index (χ1) is 7.72. The highest BCUT2D eigenvalue weighted by Gasteiger charge is 2.13. The standard InChI is InChI=1S/C11H11N3O2/c1-3-8-6-12-5-4-9(8)10-13-11(7(2)15)16-14-10/h4-6H,3H2,1-2H3. The third-order valence-corrected chi connectivity index (χ3v) is 2.25. The van der Waals surface area contributed by atoms with E-state index in [1.54, 1.807) is 12.4 Å². The molecule has 0 unspecified atom stereocenters. The van der Waals surface area contributed by atoms with Gasteiger partial charge in [0.25, 0.3) is 5.89 Å². The first-order valence-electron chi connectivity index (χ1n) is 5.00. The van der Waals surface area contributed by atoms with Crippen molar-refractivity contribution in [1.29, 1.82) is 0 Å². The molecule has 0 aliphatic heterocycles. The Morgan fingerprint density at radius 3 is 2.94 bits per heavy atom. The van der Waals surface area contributed by atoms with Crippen molar-refractivity contribution in [2.45, 2.75) is 20.3 Å². The number of aryl methyl sites for hydroxylation is 1. The van der Waals surface area contributed by atoms with Crippen LogP contribution in [0, 0.1) is 0 Å². The van der Waals surface area contributed by atoms with E-state index >= 15 is 0 Å². The summed E-state index contributed by atoms with van der Waals surface area (Å²) >= 11 is 0. The van der Waals surface area contributed by atoms with Gasteiger partial charge in [0, 0.05) is 24.9 Å². The minimum Gasteiger partial charge on any atom is -0.330 e. The van der Waals surface area contributed by atoms with Gasteiger partial charge in [0.1, 0.15) is 0 Å². The van der Waals surface area contributed by atoms with Crippen LogP contribution in [-0.4, -0.2) is 20.9 Å². The average Bonchev–Trinajstić information content (AvgIpc) is 2.78. The normalized spacial score (nSPS) is 10.4. The molecule has 0 N–H and O–H groups in total. The van der Waals surface area contributed by atoms with Crippen molar-refractivity contribution in [1.82, 2.24) is 15.1 Å².